The summed E-state index contributed by atoms with van der Waals surface area (Å²) >= 11 is 0. The smallest absolute Gasteiger partial charge is 0.233 e. The van der Waals surface area contributed by atoms with Gasteiger partial charge in [0.25, 0.3) is 0 Å². The molecule has 31 heavy (non-hydrogen) atoms. The van der Waals surface area contributed by atoms with E-state index in [1.165, 1.54) is 19.2 Å². The normalized spacial score (nSPS) is 13.3. The average molecular weight is 445 g/mol. The molecule has 0 saturated heterocycles. The third-order valence-electron chi connectivity index (χ3n) is 4.68. The summed E-state index contributed by atoms with van der Waals surface area (Å²) in [6.07, 6.45) is 0. The van der Waals surface area contributed by atoms with E-state index in [0.29, 0.717) is 42.6 Å². The molecular weight excluding hydrogens is 420 g/mol. The number of fused-ring (bicyclic) bond motifs is 1. The van der Waals surface area contributed by atoms with Crippen molar-refractivity contribution in [2.75, 3.05) is 32.2 Å². The van der Waals surface area contributed by atoms with Gasteiger partial charge in [0.15, 0.2) is 11.5 Å². The van der Waals surface area contributed by atoms with E-state index in [-0.39, 0.29) is 27.6 Å². The number of benzene rings is 2. The van der Waals surface area contributed by atoms with Gasteiger partial charge < -0.3 is 23.9 Å². The topological polar surface area (TPSA) is 99.9 Å². The molecule has 2 aromatic carbocycles. The number of nitrogens with zero attached hydrogens (tertiary/aromatic N) is 1. The van der Waals surface area contributed by atoms with Gasteiger partial charge in [0.2, 0.25) is 26.6 Å². The molecule has 0 unspecified atom stereocenters. The summed E-state index contributed by atoms with van der Waals surface area (Å²) in [5.74, 6) is 1.94. The van der Waals surface area contributed by atoms with Gasteiger partial charge >= 0.3 is 0 Å². The van der Waals surface area contributed by atoms with Crippen LogP contribution in [0.15, 0.2) is 56.8 Å². The fourth-order valence-corrected chi connectivity index (χ4v) is 4.43. The molecule has 0 bridgehead atoms. The quantitative estimate of drug-likeness (QED) is 0.583. The van der Waals surface area contributed by atoms with Gasteiger partial charge in [-0.3, -0.25) is 0 Å². The summed E-state index contributed by atoms with van der Waals surface area (Å²) in [7, 11) is -2.47. The molecule has 0 saturated carbocycles. The maximum Gasteiger partial charge on any atom is 0.233 e. The van der Waals surface area contributed by atoms with Gasteiger partial charge in [-0.2, -0.15) is 4.98 Å². The molecule has 1 aliphatic heterocycles. The lowest BCUT2D eigenvalue weighted by atomic mass is 10.2. The van der Waals surface area contributed by atoms with Gasteiger partial charge in [-0.05, 0) is 30.2 Å². The number of anilines is 1. The molecule has 0 radical (unpaired) electrons. The van der Waals surface area contributed by atoms with Crippen molar-refractivity contribution in [2.45, 2.75) is 23.8 Å². The zero-order valence-corrected chi connectivity index (χ0v) is 18.4. The second-order valence-electron chi connectivity index (χ2n) is 7.44. The highest BCUT2D eigenvalue weighted by Gasteiger charge is 2.30. The molecule has 8 nitrogen and oxygen atoms in total. The van der Waals surface area contributed by atoms with Crippen molar-refractivity contribution in [1.82, 2.24) is 4.98 Å². The molecule has 1 aliphatic rings. The second-order valence-corrected chi connectivity index (χ2v) is 9.30. The maximum absolute atomic E-state index is 13.5. The van der Waals surface area contributed by atoms with Crippen molar-refractivity contribution in [2.24, 2.45) is 5.92 Å². The number of ether oxygens (including phenoxy) is 3. The van der Waals surface area contributed by atoms with Crippen molar-refractivity contribution in [3.8, 4) is 28.7 Å². The SMILES string of the molecule is COc1ccccc1-c1nc(S(=O)(=O)c2ccc3c(c2)OCCO3)c(NCC(C)C)o1. The molecule has 1 aromatic heterocycles. The Hall–Kier alpha value is -3.20. The van der Waals surface area contributed by atoms with Crippen molar-refractivity contribution < 1.29 is 27.0 Å². The van der Waals surface area contributed by atoms with Gasteiger partial charge in [0.05, 0.1) is 17.6 Å². The Morgan fingerprint density at radius 2 is 1.84 bits per heavy atom. The van der Waals surface area contributed by atoms with E-state index >= 15 is 0 Å². The largest absolute Gasteiger partial charge is 0.496 e. The number of hydrogen-bond donors (Lipinski definition) is 1. The number of aromatic nitrogens is 1. The Bertz CT molecular complexity index is 1190. The molecule has 0 spiro atoms. The van der Waals surface area contributed by atoms with Crippen LogP contribution in [0.2, 0.25) is 0 Å². The number of para-hydroxylation sites is 1. The van der Waals surface area contributed by atoms with E-state index in [0.717, 1.165) is 0 Å². The van der Waals surface area contributed by atoms with Crippen LogP contribution in [0.4, 0.5) is 5.88 Å². The minimum absolute atomic E-state index is 0.0456. The van der Waals surface area contributed by atoms with Crippen LogP contribution in [0, 0.1) is 5.92 Å². The fraction of sp³-hybridized carbons (Fsp3) is 0.318. The summed E-state index contributed by atoms with van der Waals surface area (Å²) < 4.78 is 49.3. The van der Waals surface area contributed by atoms with Crippen LogP contribution < -0.4 is 19.5 Å². The standard InChI is InChI=1S/C22H24N2O6S/c1-14(2)13-23-21-22(24-20(30-21)16-6-4-5-7-17(16)27-3)31(25,26)15-8-9-18-19(12-15)29-11-10-28-18/h4-9,12,14,23H,10-11,13H2,1-3H3. The van der Waals surface area contributed by atoms with Crippen molar-refractivity contribution in [3.63, 3.8) is 0 Å². The Morgan fingerprint density at radius 1 is 1.10 bits per heavy atom. The molecule has 2 heterocycles. The molecule has 1 N–H and O–H groups in total. The second kappa shape index (κ2) is 8.50. The molecule has 0 amide bonds. The van der Waals surface area contributed by atoms with Crippen LogP contribution in [-0.4, -0.2) is 40.3 Å². The van der Waals surface area contributed by atoms with Crippen LogP contribution in [0.25, 0.3) is 11.5 Å². The first-order valence-corrected chi connectivity index (χ1v) is 11.4. The highest BCUT2D eigenvalue weighted by molar-refractivity contribution is 7.91. The summed E-state index contributed by atoms with van der Waals surface area (Å²) in [5.41, 5.74) is 0.557. The number of hydrogen-bond acceptors (Lipinski definition) is 8. The van der Waals surface area contributed by atoms with E-state index in [2.05, 4.69) is 10.3 Å². The highest BCUT2D eigenvalue weighted by Crippen LogP contribution is 2.38. The number of oxazole rings is 1. The van der Waals surface area contributed by atoms with Crippen LogP contribution in [-0.2, 0) is 9.84 Å². The monoisotopic (exact) mass is 444 g/mol. The number of nitrogens with one attached hydrogen (secondary N) is 1. The summed E-state index contributed by atoms with van der Waals surface area (Å²) in [6, 6.07) is 11.7. The van der Waals surface area contributed by atoms with Gasteiger partial charge in [0, 0.05) is 12.6 Å². The minimum atomic E-state index is -4.00. The highest BCUT2D eigenvalue weighted by atomic mass is 32.2. The average Bonchev–Trinajstić information content (AvgIpc) is 3.22. The first kappa shape index (κ1) is 21.0. The predicted molar refractivity (Wildman–Crippen MR) is 115 cm³/mol. The van der Waals surface area contributed by atoms with Crippen molar-refractivity contribution >= 4 is 15.7 Å². The van der Waals surface area contributed by atoms with Gasteiger partial charge in [-0.15, -0.1) is 0 Å². The van der Waals surface area contributed by atoms with Crippen LogP contribution in [0.5, 0.6) is 17.2 Å². The van der Waals surface area contributed by atoms with Crippen LogP contribution in [0.1, 0.15) is 13.8 Å². The first-order valence-electron chi connectivity index (χ1n) is 9.93. The van der Waals surface area contributed by atoms with E-state index in [1.807, 2.05) is 19.9 Å². The molecule has 164 valence electrons. The minimum Gasteiger partial charge on any atom is -0.496 e. The third kappa shape index (κ3) is 4.18. The third-order valence-corrected chi connectivity index (χ3v) is 6.34. The van der Waals surface area contributed by atoms with E-state index in [9.17, 15) is 8.42 Å². The Balaban J connectivity index is 1.81. The van der Waals surface area contributed by atoms with E-state index < -0.39 is 9.84 Å². The zero-order chi connectivity index (χ0) is 22.0. The van der Waals surface area contributed by atoms with Gasteiger partial charge in [-0.25, -0.2) is 8.42 Å². The molecular formula is C22H24N2O6S. The lowest BCUT2D eigenvalue weighted by Gasteiger charge is -2.18. The molecule has 0 atom stereocenters. The Labute approximate surface area is 181 Å². The first-order chi connectivity index (χ1) is 14.9. The van der Waals surface area contributed by atoms with Gasteiger partial charge in [0.1, 0.15) is 19.0 Å². The van der Waals surface area contributed by atoms with Crippen molar-refractivity contribution in [1.29, 1.82) is 0 Å². The lowest BCUT2D eigenvalue weighted by molar-refractivity contribution is 0.171. The predicted octanol–water partition coefficient (Wildman–Crippen LogP) is 4.02. The lowest BCUT2D eigenvalue weighted by Crippen LogP contribution is -2.16. The molecule has 4 rings (SSSR count). The molecule has 3 aromatic rings. The van der Waals surface area contributed by atoms with Crippen LogP contribution >= 0.6 is 0 Å². The Kier molecular flexibility index (Phi) is 5.77. The maximum atomic E-state index is 13.5. The number of methoxy groups -OCH3 is 1. The molecule has 0 aliphatic carbocycles. The van der Waals surface area contributed by atoms with Gasteiger partial charge in [-0.1, -0.05) is 26.0 Å². The zero-order valence-electron chi connectivity index (χ0n) is 17.5. The van der Waals surface area contributed by atoms with Crippen molar-refractivity contribution in [3.05, 3.63) is 42.5 Å². The summed E-state index contributed by atoms with van der Waals surface area (Å²) in [6.45, 7) is 5.33. The van der Waals surface area contributed by atoms with E-state index in [4.69, 9.17) is 18.6 Å². The van der Waals surface area contributed by atoms with E-state index in [1.54, 1.807) is 24.3 Å². The fourth-order valence-electron chi connectivity index (χ4n) is 3.14. The molecule has 0 fully saturated rings. The van der Waals surface area contributed by atoms with Crippen LogP contribution in [0.3, 0.4) is 0 Å². The molecule has 9 heteroatoms. The number of sulfone groups is 1. The summed E-state index contributed by atoms with van der Waals surface area (Å²) in [5, 5.41) is 2.88. The summed E-state index contributed by atoms with van der Waals surface area (Å²) in [4.78, 5) is 4.40. The number of rotatable bonds is 7. The Morgan fingerprint density at radius 3 is 2.58 bits per heavy atom.